The van der Waals surface area contributed by atoms with E-state index < -0.39 is 15.8 Å². The highest BCUT2D eigenvalue weighted by atomic mass is 32.2. The van der Waals surface area contributed by atoms with Crippen molar-refractivity contribution in [3.63, 3.8) is 0 Å². The molecule has 1 aliphatic heterocycles. The first kappa shape index (κ1) is 22.3. The molecule has 0 saturated carbocycles. The maximum atomic E-state index is 13.2. The Morgan fingerprint density at radius 3 is 2.53 bits per heavy atom. The summed E-state index contributed by atoms with van der Waals surface area (Å²) in [5.74, 6) is 1.18. The molecule has 2 aliphatic rings. The molecule has 0 saturated heterocycles. The summed E-state index contributed by atoms with van der Waals surface area (Å²) in [6.07, 6.45) is 5.14. The van der Waals surface area contributed by atoms with Gasteiger partial charge < -0.3 is 14.8 Å². The zero-order valence-electron chi connectivity index (χ0n) is 18.8. The molecule has 0 aromatic heterocycles. The second kappa shape index (κ2) is 8.68. The van der Waals surface area contributed by atoms with Crippen LogP contribution in [0.1, 0.15) is 29.5 Å². The van der Waals surface area contributed by atoms with Crippen LogP contribution in [0.5, 0.6) is 11.5 Å². The molecule has 3 atom stereocenters. The SMILES string of the molecule is COc1cccc([C@@H]2Nc3ccc(S(=O)(=O)Nc4ccc(F)cc4)cc3[C@@H]3C=CC[C@@H]32)c1OC. The first-order valence-electron chi connectivity index (χ1n) is 11.0. The Kier molecular flexibility index (Phi) is 5.69. The van der Waals surface area contributed by atoms with Crippen LogP contribution in [0.2, 0.25) is 0 Å². The van der Waals surface area contributed by atoms with E-state index in [1.54, 1.807) is 32.4 Å². The van der Waals surface area contributed by atoms with Crippen molar-refractivity contribution in [3.05, 3.63) is 89.8 Å². The third-order valence-corrected chi connectivity index (χ3v) is 7.89. The Morgan fingerprint density at radius 1 is 1.00 bits per heavy atom. The summed E-state index contributed by atoms with van der Waals surface area (Å²) in [5, 5.41) is 3.61. The Morgan fingerprint density at radius 2 is 1.79 bits per heavy atom. The van der Waals surface area contributed by atoms with Crippen molar-refractivity contribution < 1.29 is 22.3 Å². The molecule has 0 spiro atoms. The van der Waals surface area contributed by atoms with Gasteiger partial charge in [0.2, 0.25) is 0 Å². The Balaban J connectivity index is 1.50. The molecule has 1 heterocycles. The molecule has 34 heavy (non-hydrogen) atoms. The van der Waals surface area contributed by atoms with E-state index in [0.29, 0.717) is 17.2 Å². The van der Waals surface area contributed by atoms with Gasteiger partial charge in [-0.25, -0.2) is 12.8 Å². The fourth-order valence-corrected chi connectivity index (χ4v) is 6.03. The molecule has 176 valence electrons. The lowest BCUT2D eigenvalue weighted by Crippen LogP contribution is -2.29. The first-order chi connectivity index (χ1) is 16.4. The molecule has 2 N–H and O–H groups in total. The number of benzene rings is 3. The Bertz CT molecular complexity index is 1360. The minimum absolute atomic E-state index is 0.0302. The second-order valence-corrected chi connectivity index (χ2v) is 10.1. The fourth-order valence-electron chi connectivity index (χ4n) is 4.94. The minimum atomic E-state index is -3.83. The standard InChI is InChI=1S/C26H25FN2O4S/c1-32-24-8-4-7-21(26(24)33-2)25-20-6-3-5-19(20)22-15-18(13-14-23(22)28-25)34(30,31)29-17-11-9-16(27)10-12-17/h3-5,7-15,19-20,25,28-29H,6H2,1-2H3/t19-,20+,25-/m1/s1. The number of hydrogen-bond donors (Lipinski definition) is 2. The monoisotopic (exact) mass is 480 g/mol. The highest BCUT2D eigenvalue weighted by Crippen LogP contribution is 2.52. The van der Waals surface area contributed by atoms with Gasteiger partial charge in [0.25, 0.3) is 10.0 Å². The number of hydrogen-bond acceptors (Lipinski definition) is 5. The number of fused-ring (bicyclic) bond motifs is 3. The first-order valence-corrected chi connectivity index (χ1v) is 12.5. The Labute approximate surface area is 198 Å². The summed E-state index contributed by atoms with van der Waals surface area (Å²) in [5.41, 5.74) is 3.11. The largest absolute Gasteiger partial charge is 0.493 e. The number of sulfonamides is 1. The van der Waals surface area contributed by atoms with Gasteiger partial charge in [0.05, 0.1) is 25.2 Å². The van der Waals surface area contributed by atoms with E-state index in [1.807, 2.05) is 18.2 Å². The molecule has 0 bridgehead atoms. The quantitative estimate of drug-likeness (QED) is 0.458. The van der Waals surface area contributed by atoms with Crippen LogP contribution in [0.15, 0.2) is 77.7 Å². The van der Waals surface area contributed by atoms with E-state index in [2.05, 4.69) is 22.2 Å². The predicted octanol–water partition coefficient (Wildman–Crippen LogP) is 5.47. The molecule has 0 amide bonds. The smallest absolute Gasteiger partial charge is 0.261 e. The Hall–Kier alpha value is -3.52. The topological polar surface area (TPSA) is 76.7 Å². The minimum Gasteiger partial charge on any atom is -0.493 e. The van der Waals surface area contributed by atoms with Crippen molar-refractivity contribution in [2.24, 2.45) is 5.92 Å². The lowest BCUT2D eigenvalue weighted by atomic mass is 9.77. The van der Waals surface area contributed by atoms with E-state index in [0.717, 1.165) is 23.2 Å². The summed E-state index contributed by atoms with van der Waals surface area (Å²) in [4.78, 5) is 0.161. The number of halogens is 1. The third-order valence-electron chi connectivity index (χ3n) is 6.51. The van der Waals surface area contributed by atoms with Gasteiger partial charge in [0.15, 0.2) is 11.5 Å². The van der Waals surface area contributed by atoms with Gasteiger partial charge >= 0.3 is 0 Å². The van der Waals surface area contributed by atoms with Crippen LogP contribution in [-0.2, 0) is 10.0 Å². The fraction of sp³-hybridized carbons (Fsp3) is 0.231. The molecular weight excluding hydrogens is 455 g/mol. The number of rotatable bonds is 6. The van der Waals surface area contributed by atoms with Gasteiger partial charge in [-0.15, -0.1) is 0 Å². The summed E-state index contributed by atoms with van der Waals surface area (Å²) in [6, 6.07) is 16.2. The zero-order chi connectivity index (χ0) is 23.9. The van der Waals surface area contributed by atoms with E-state index >= 15 is 0 Å². The summed E-state index contributed by atoms with van der Waals surface area (Å²) in [7, 11) is -0.584. The molecule has 1 aliphatic carbocycles. The second-order valence-electron chi connectivity index (χ2n) is 8.42. The average Bonchev–Trinajstić information content (AvgIpc) is 3.34. The van der Waals surface area contributed by atoms with Gasteiger partial charge in [-0.2, -0.15) is 0 Å². The van der Waals surface area contributed by atoms with Crippen LogP contribution in [0.25, 0.3) is 0 Å². The summed E-state index contributed by atoms with van der Waals surface area (Å²) in [6.45, 7) is 0. The van der Waals surface area contributed by atoms with E-state index in [1.165, 1.54) is 24.3 Å². The van der Waals surface area contributed by atoms with Gasteiger partial charge in [-0.1, -0.05) is 24.3 Å². The molecule has 5 rings (SSSR count). The maximum absolute atomic E-state index is 13.2. The predicted molar refractivity (Wildman–Crippen MR) is 130 cm³/mol. The number of nitrogens with one attached hydrogen (secondary N) is 2. The number of anilines is 2. The summed E-state index contributed by atoms with van der Waals surface area (Å²) >= 11 is 0. The van der Waals surface area contributed by atoms with Crippen molar-refractivity contribution in [2.45, 2.75) is 23.3 Å². The summed E-state index contributed by atoms with van der Waals surface area (Å²) < 4.78 is 53.0. The molecule has 0 unspecified atom stereocenters. The lowest BCUT2D eigenvalue weighted by molar-refractivity contribution is 0.341. The third kappa shape index (κ3) is 3.88. The molecule has 8 heteroatoms. The normalized spacial score (nSPS) is 20.7. The van der Waals surface area contributed by atoms with Crippen molar-refractivity contribution in [1.29, 1.82) is 0 Å². The molecule has 6 nitrogen and oxygen atoms in total. The highest BCUT2D eigenvalue weighted by Gasteiger charge is 2.40. The van der Waals surface area contributed by atoms with Crippen LogP contribution in [0.3, 0.4) is 0 Å². The molecule has 0 radical (unpaired) electrons. The lowest BCUT2D eigenvalue weighted by Gasteiger charge is -2.38. The van der Waals surface area contributed by atoms with Crippen LogP contribution in [0, 0.1) is 11.7 Å². The highest BCUT2D eigenvalue weighted by molar-refractivity contribution is 7.92. The van der Waals surface area contributed by atoms with Crippen molar-refractivity contribution in [3.8, 4) is 11.5 Å². The van der Waals surface area contributed by atoms with E-state index in [-0.39, 0.29) is 22.8 Å². The number of methoxy groups -OCH3 is 2. The number of para-hydroxylation sites is 1. The average molecular weight is 481 g/mol. The van der Waals surface area contributed by atoms with E-state index in [4.69, 9.17) is 9.47 Å². The van der Waals surface area contributed by atoms with Crippen molar-refractivity contribution in [1.82, 2.24) is 0 Å². The van der Waals surface area contributed by atoms with Crippen molar-refractivity contribution in [2.75, 3.05) is 24.3 Å². The van der Waals surface area contributed by atoms with Gasteiger partial charge in [-0.05, 0) is 66.4 Å². The maximum Gasteiger partial charge on any atom is 0.261 e. The van der Waals surface area contributed by atoms with Gasteiger partial charge in [0.1, 0.15) is 5.82 Å². The number of allylic oxidation sites excluding steroid dienone is 2. The van der Waals surface area contributed by atoms with Gasteiger partial charge in [0, 0.05) is 22.9 Å². The molecule has 3 aromatic carbocycles. The van der Waals surface area contributed by atoms with Gasteiger partial charge in [-0.3, -0.25) is 4.72 Å². The van der Waals surface area contributed by atoms with Crippen LogP contribution in [-0.4, -0.2) is 22.6 Å². The van der Waals surface area contributed by atoms with E-state index in [9.17, 15) is 12.8 Å². The van der Waals surface area contributed by atoms with Crippen LogP contribution in [0.4, 0.5) is 15.8 Å². The molecule has 3 aromatic rings. The zero-order valence-corrected chi connectivity index (χ0v) is 19.6. The van der Waals surface area contributed by atoms with Crippen LogP contribution >= 0.6 is 0 Å². The molecular formula is C26H25FN2O4S. The number of ether oxygens (including phenoxy) is 2. The van der Waals surface area contributed by atoms with Crippen LogP contribution < -0.4 is 19.5 Å². The molecule has 0 fully saturated rings. The van der Waals surface area contributed by atoms with Crippen molar-refractivity contribution >= 4 is 21.4 Å².